The fraction of sp³-hybridized carbons (Fsp3) is 0.179. The van der Waals surface area contributed by atoms with E-state index in [1.54, 1.807) is 36.7 Å². The summed E-state index contributed by atoms with van der Waals surface area (Å²) in [6.07, 6.45) is 3.89. The third-order valence-electron chi connectivity index (χ3n) is 6.51. The molecule has 2 atom stereocenters. The van der Waals surface area contributed by atoms with Gasteiger partial charge in [0.05, 0.1) is 11.6 Å². The Kier molecular flexibility index (Phi) is 6.84. The van der Waals surface area contributed by atoms with Crippen LogP contribution in [0.25, 0.3) is 5.76 Å². The van der Waals surface area contributed by atoms with Crippen LogP contribution in [0.3, 0.4) is 0 Å². The maximum atomic E-state index is 13.4. The average molecular weight is 577 g/mol. The lowest BCUT2D eigenvalue weighted by molar-refractivity contribution is -0.132. The van der Waals surface area contributed by atoms with Crippen LogP contribution in [-0.4, -0.2) is 38.1 Å². The summed E-state index contributed by atoms with van der Waals surface area (Å²) in [6, 6.07) is 15.3. The Balaban J connectivity index is 1.36. The molecule has 1 saturated heterocycles. The molecule has 4 heterocycles. The molecule has 0 radical (unpaired) electrons. The van der Waals surface area contributed by atoms with Crippen LogP contribution in [0.1, 0.15) is 35.2 Å². The maximum absolute atomic E-state index is 13.4. The van der Waals surface area contributed by atoms with E-state index in [0.717, 1.165) is 16.9 Å². The zero-order chi connectivity index (χ0) is 27.1. The van der Waals surface area contributed by atoms with Gasteiger partial charge in [-0.25, -0.2) is 0 Å². The Labute approximate surface area is 237 Å². The number of aliphatic hydroxyl groups is 1. The summed E-state index contributed by atoms with van der Waals surface area (Å²) in [7, 11) is 0. The Hall–Kier alpha value is -3.73. The molecule has 4 aromatic rings. The number of nitrogens with zero attached hydrogens (tertiary/aromatic N) is 4. The molecular formula is C28H21ClN4O4S2. The second kappa shape index (κ2) is 10.4. The molecule has 8 nitrogen and oxygen atoms in total. The first kappa shape index (κ1) is 25.5. The number of halogens is 1. The summed E-state index contributed by atoms with van der Waals surface area (Å²) in [5.41, 5.74) is 3.05. The lowest BCUT2D eigenvalue weighted by Gasteiger charge is -2.22. The standard InChI is InChI=1S/C28H21ClN4O4S2/c1-15-12-19-13-18(4-7-21(19)37-15)24(34)22-23(17-8-10-30-11-9-17)33(26(36)25(22)35)27-31-32-28(39-27)38-14-16-2-5-20(29)6-3-16/h2-11,13,15,23,34H,12,14H2,1H3/b24-22+. The van der Waals surface area contributed by atoms with Gasteiger partial charge in [-0.3, -0.25) is 19.5 Å². The van der Waals surface area contributed by atoms with Gasteiger partial charge in [-0.05, 0) is 66.1 Å². The lowest BCUT2D eigenvalue weighted by Crippen LogP contribution is -2.29. The molecule has 6 rings (SSSR count). The lowest BCUT2D eigenvalue weighted by atomic mass is 9.95. The molecule has 196 valence electrons. The zero-order valence-electron chi connectivity index (χ0n) is 20.6. The molecule has 2 aromatic carbocycles. The first-order valence-corrected chi connectivity index (χ1v) is 14.3. The molecule has 2 unspecified atom stereocenters. The molecule has 0 spiro atoms. The summed E-state index contributed by atoms with van der Waals surface area (Å²) in [5, 5.41) is 20.8. The van der Waals surface area contributed by atoms with Crippen LogP contribution in [-0.2, 0) is 21.8 Å². The molecule has 2 aliphatic heterocycles. The molecule has 39 heavy (non-hydrogen) atoms. The van der Waals surface area contributed by atoms with Gasteiger partial charge in [0.15, 0.2) is 4.34 Å². The van der Waals surface area contributed by atoms with Crippen molar-refractivity contribution in [2.75, 3.05) is 4.90 Å². The molecule has 0 saturated carbocycles. The Bertz CT molecular complexity index is 1610. The Morgan fingerprint density at radius 2 is 1.90 bits per heavy atom. The van der Waals surface area contributed by atoms with E-state index < -0.39 is 17.7 Å². The smallest absolute Gasteiger partial charge is 0.301 e. The fourth-order valence-corrected chi connectivity index (χ4v) is 6.65. The SMILES string of the molecule is CC1Cc2cc(/C(O)=C3\C(=O)C(=O)N(c4nnc(SCc5ccc(Cl)cc5)s4)C3c3ccncc3)ccc2O1. The normalized spacial score (nSPS) is 19.8. The van der Waals surface area contributed by atoms with E-state index in [4.69, 9.17) is 16.3 Å². The Morgan fingerprint density at radius 3 is 2.67 bits per heavy atom. The summed E-state index contributed by atoms with van der Waals surface area (Å²) in [6.45, 7) is 1.97. The molecule has 2 aliphatic rings. The predicted octanol–water partition coefficient (Wildman–Crippen LogP) is 5.83. The van der Waals surface area contributed by atoms with Crippen molar-refractivity contribution in [2.24, 2.45) is 0 Å². The largest absolute Gasteiger partial charge is 0.507 e. The van der Waals surface area contributed by atoms with E-state index in [9.17, 15) is 14.7 Å². The van der Waals surface area contributed by atoms with E-state index in [0.29, 0.717) is 32.7 Å². The maximum Gasteiger partial charge on any atom is 0.301 e. The van der Waals surface area contributed by atoms with Gasteiger partial charge in [-0.2, -0.15) is 0 Å². The Morgan fingerprint density at radius 1 is 1.13 bits per heavy atom. The topological polar surface area (TPSA) is 106 Å². The second-order valence-corrected chi connectivity index (χ2v) is 11.8. The molecular weight excluding hydrogens is 556 g/mol. The van der Waals surface area contributed by atoms with E-state index in [-0.39, 0.29) is 22.6 Å². The van der Waals surface area contributed by atoms with Crippen LogP contribution >= 0.6 is 34.7 Å². The van der Waals surface area contributed by atoms with Crippen molar-refractivity contribution in [2.45, 2.75) is 35.6 Å². The van der Waals surface area contributed by atoms with Crippen molar-refractivity contribution in [3.05, 3.63) is 99.8 Å². The molecule has 1 N–H and O–H groups in total. The van der Waals surface area contributed by atoms with Crippen molar-refractivity contribution >= 4 is 57.3 Å². The van der Waals surface area contributed by atoms with Crippen LogP contribution in [0.4, 0.5) is 5.13 Å². The average Bonchev–Trinajstić information content (AvgIpc) is 3.63. The highest BCUT2D eigenvalue weighted by molar-refractivity contribution is 8.00. The highest BCUT2D eigenvalue weighted by Crippen LogP contribution is 2.44. The van der Waals surface area contributed by atoms with Gasteiger partial charge < -0.3 is 9.84 Å². The number of hydrogen-bond donors (Lipinski definition) is 1. The summed E-state index contributed by atoms with van der Waals surface area (Å²) < 4.78 is 6.41. The summed E-state index contributed by atoms with van der Waals surface area (Å²) in [4.78, 5) is 32.2. The minimum absolute atomic E-state index is 0.0105. The number of rotatable bonds is 6. The van der Waals surface area contributed by atoms with Crippen LogP contribution < -0.4 is 9.64 Å². The number of carbonyl (C=O) groups excluding carboxylic acids is 2. The molecule has 0 bridgehead atoms. The van der Waals surface area contributed by atoms with Gasteiger partial charge in [0.1, 0.15) is 17.6 Å². The minimum atomic E-state index is -0.890. The quantitative estimate of drug-likeness (QED) is 0.100. The summed E-state index contributed by atoms with van der Waals surface area (Å²) >= 11 is 8.66. The van der Waals surface area contributed by atoms with Crippen molar-refractivity contribution in [3.8, 4) is 5.75 Å². The van der Waals surface area contributed by atoms with Crippen LogP contribution in [0, 0.1) is 0 Å². The first-order valence-electron chi connectivity index (χ1n) is 12.1. The van der Waals surface area contributed by atoms with Crippen LogP contribution in [0.5, 0.6) is 5.75 Å². The third-order valence-corrected chi connectivity index (χ3v) is 8.89. The monoisotopic (exact) mass is 576 g/mol. The first-order chi connectivity index (χ1) is 18.9. The molecule has 11 heteroatoms. The molecule has 1 fully saturated rings. The third kappa shape index (κ3) is 4.91. The molecule has 1 amide bonds. The number of Topliss-reactive ketones (excluding diaryl/α,β-unsaturated/α-hetero) is 1. The van der Waals surface area contributed by atoms with Gasteiger partial charge in [-0.1, -0.05) is 46.8 Å². The van der Waals surface area contributed by atoms with Crippen molar-refractivity contribution in [1.29, 1.82) is 0 Å². The second-order valence-electron chi connectivity index (χ2n) is 9.17. The van der Waals surface area contributed by atoms with E-state index in [1.807, 2.05) is 37.3 Å². The fourth-order valence-electron chi connectivity index (χ4n) is 4.70. The summed E-state index contributed by atoms with van der Waals surface area (Å²) in [5.74, 6) is -0.421. The number of carbonyl (C=O) groups is 2. The van der Waals surface area contributed by atoms with Crippen LogP contribution in [0.15, 0.2) is 76.9 Å². The van der Waals surface area contributed by atoms with Crippen molar-refractivity contribution in [3.63, 3.8) is 0 Å². The molecule has 2 aromatic heterocycles. The van der Waals surface area contributed by atoms with Gasteiger partial charge >= 0.3 is 5.91 Å². The zero-order valence-corrected chi connectivity index (χ0v) is 23.0. The van der Waals surface area contributed by atoms with Gasteiger partial charge in [0.2, 0.25) is 5.13 Å². The highest BCUT2D eigenvalue weighted by atomic mass is 35.5. The number of anilines is 1. The number of hydrogen-bond acceptors (Lipinski definition) is 9. The number of thioether (sulfide) groups is 1. The molecule has 0 aliphatic carbocycles. The number of ether oxygens (including phenoxy) is 1. The number of aliphatic hydroxyl groups excluding tert-OH is 1. The number of ketones is 1. The number of benzene rings is 2. The highest BCUT2D eigenvalue weighted by Gasteiger charge is 2.48. The number of fused-ring (bicyclic) bond motifs is 1. The number of amides is 1. The predicted molar refractivity (Wildman–Crippen MR) is 150 cm³/mol. The van der Waals surface area contributed by atoms with Crippen LogP contribution in [0.2, 0.25) is 5.02 Å². The van der Waals surface area contributed by atoms with E-state index in [2.05, 4.69) is 15.2 Å². The van der Waals surface area contributed by atoms with E-state index >= 15 is 0 Å². The van der Waals surface area contributed by atoms with Gasteiger partial charge in [0.25, 0.3) is 5.78 Å². The van der Waals surface area contributed by atoms with Crippen molar-refractivity contribution in [1.82, 2.24) is 15.2 Å². The van der Waals surface area contributed by atoms with Gasteiger partial charge in [-0.15, -0.1) is 10.2 Å². The number of pyridine rings is 1. The van der Waals surface area contributed by atoms with Gasteiger partial charge in [0, 0.05) is 35.2 Å². The van der Waals surface area contributed by atoms with E-state index in [1.165, 1.54) is 28.0 Å². The minimum Gasteiger partial charge on any atom is -0.507 e. The number of aromatic nitrogens is 3. The van der Waals surface area contributed by atoms with Crippen molar-refractivity contribution < 1.29 is 19.4 Å².